The van der Waals surface area contributed by atoms with Gasteiger partial charge in [-0.05, 0) is 19.4 Å². The second kappa shape index (κ2) is 8.72. The normalized spacial score (nSPS) is 16.8. The number of nitrogens with zero attached hydrogens (tertiary/aromatic N) is 2. The molecule has 1 amide bonds. The first kappa shape index (κ1) is 21.0. The van der Waals surface area contributed by atoms with Crippen LogP contribution in [0, 0.1) is 13.8 Å². The number of aryl methyl sites for hydroxylation is 2. The van der Waals surface area contributed by atoms with Gasteiger partial charge in [0, 0.05) is 25.0 Å². The van der Waals surface area contributed by atoms with Crippen molar-refractivity contribution in [3.8, 4) is 0 Å². The summed E-state index contributed by atoms with van der Waals surface area (Å²) in [6.45, 7) is 14.4. The molecule has 0 radical (unpaired) electrons. The van der Waals surface area contributed by atoms with Crippen LogP contribution < -0.4 is 5.32 Å². The molecule has 0 aliphatic carbocycles. The SMILES string of the molecule is Cc1ccc(C(CN2CCOCC2)NC(=O)c2sc(C(C)(C)C)nc2C)cc1. The van der Waals surface area contributed by atoms with Crippen molar-refractivity contribution >= 4 is 17.2 Å². The second-order valence-electron chi connectivity index (χ2n) is 8.53. The number of benzene rings is 1. The molecule has 28 heavy (non-hydrogen) atoms. The molecule has 1 aromatic heterocycles. The van der Waals surface area contributed by atoms with E-state index in [2.05, 4.69) is 67.2 Å². The average Bonchev–Trinajstić information content (AvgIpc) is 3.05. The Morgan fingerprint density at radius 3 is 2.43 bits per heavy atom. The molecular formula is C22H31N3O2S. The molecule has 2 aromatic rings. The van der Waals surface area contributed by atoms with Crippen LogP contribution in [0.25, 0.3) is 0 Å². The Morgan fingerprint density at radius 2 is 1.86 bits per heavy atom. The third-order valence-electron chi connectivity index (χ3n) is 4.97. The van der Waals surface area contributed by atoms with Gasteiger partial charge in [0.05, 0.1) is 30.0 Å². The molecule has 0 bridgehead atoms. The van der Waals surface area contributed by atoms with Crippen molar-refractivity contribution in [2.75, 3.05) is 32.8 Å². The van der Waals surface area contributed by atoms with E-state index in [0.29, 0.717) is 4.88 Å². The van der Waals surface area contributed by atoms with E-state index in [1.165, 1.54) is 16.9 Å². The van der Waals surface area contributed by atoms with E-state index in [1.54, 1.807) is 0 Å². The highest BCUT2D eigenvalue weighted by Crippen LogP contribution is 2.29. The lowest BCUT2D eigenvalue weighted by atomic mass is 9.98. The van der Waals surface area contributed by atoms with E-state index in [0.717, 1.165) is 49.1 Å². The largest absolute Gasteiger partial charge is 0.379 e. The zero-order valence-corrected chi connectivity index (χ0v) is 18.4. The van der Waals surface area contributed by atoms with E-state index in [4.69, 9.17) is 4.74 Å². The van der Waals surface area contributed by atoms with Crippen molar-refractivity contribution in [1.29, 1.82) is 0 Å². The summed E-state index contributed by atoms with van der Waals surface area (Å²) in [5.41, 5.74) is 3.09. The predicted molar refractivity (Wildman–Crippen MR) is 114 cm³/mol. The van der Waals surface area contributed by atoms with E-state index < -0.39 is 0 Å². The lowest BCUT2D eigenvalue weighted by molar-refractivity contribution is 0.0332. The van der Waals surface area contributed by atoms with Gasteiger partial charge in [0.25, 0.3) is 5.91 Å². The van der Waals surface area contributed by atoms with Crippen LogP contribution in [-0.2, 0) is 10.2 Å². The van der Waals surface area contributed by atoms with Gasteiger partial charge in [-0.1, -0.05) is 50.6 Å². The highest BCUT2D eigenvalue weighted by atomic mass is 32.1. The smallest absolute Gasteiger partial charge is 0.263 e. The maximum atomic E-state index is 13.1. The number of amides is 1. The highest BCUT2D eigenvalue weighted by Gasteiger charge is 2.26. The molecule has 1 aliphatic heterocycles. The molecule has 5 nitrogen and oxygen atoms in total. The number of aromatic nitrogens is 1. The zero-order valence-electron chi connectivity index (χ0n) is 17.5. The van der Waals surface area contributed by atoms with Crippen molar-refractivity contribution < 1.29 is 9.53 Å². The molecule has 1 fully saturated rings. The van der Waals surface area contributed by atoms with Crippen molar-refractivity contribution in [3.63, 3.8) is 0 Å². The lowest BCUT2D eigenvalue weighted by Gasteiger charge is -2.31. The van der Waals surface area contributed by atoms with E-state index >= 15 is 0 Å². The van der Waals surface area contributed by atoms with Crippen molar-refractivity contribution in [3.05, 3.63) is 51.0 Å². The molecule has 2 heterocycles. The van der Waals surface area contributed by atoms with Crippen molar-refractivity contribution in [2.24, 2.45) is 0 Å². The van der Waals surface area contributed by atoms with Gasteiger partial charge in [0.2, 0.25) is 0 Å². The lowest BCUT2D eigenvalue weighted by Crippen LogP contribution is -2.43. The van der Waals surface area contributed by atoms with E-state index in [9.17, 15) is 4.79 Å². The fraction of sp³-hybridized carbons (Fsp3) is 0.545. The molecule has 1 unspecified atom stereocenters. The van der Waals surface area contributed by atoms with Crippen LogP contribution in [0.1, 0.15) is 58.3 Å². The van der Waals surface area contributed by atoms with Crippen LogP contribution in [0.2, 0.25) is 0 Å². The Kier molecular flexibility index (Phi) is 6.53. The van der Waals surface area contributed by atoms with Gasteiger partial charge >= 0.3 is 0 Å². The Balaban J connectivity index is 1.81. The van der Waals surface area contributed by atoms with Crippen LogP contribution >= 0.6 is 11.3 Å². The number of rotatable bonds is 5. The maximum Gasteiger partial charge on any atom is 0.263 e. The monoisotopic (exact) mass is 401 g/mol. The summed E-state index contributed by atoms with van der Waals surface area (Å²) in [6.07, 6.45) is 0. The van der Waals surface area contributed by atoms with Crippen LogP contribution in [0.5, 0.6) is 0 Å². The van der Waals surface area contributed by atoms with Gasteiger partial charge in [-0.3, -0.25) is 9.69 Å². The predicted octanol–water partition coefficient (Wildman–Crippen LogP) is 3.86. The number of hydrogen-bond acceptors (Lipinski definition) is 5. The van der Waals surface area contributed by atoms with Crippen LogP contribution in [-0.4, -0.2) is 48.6 Å². The van der Waals surface area contributed by atoms with Gasteiger partial charge in [0.1, 0.15) is 4.88 Å². The minimum Gasteiger partial charge on any atom is -0.379 e. The summed E-state index contributed by atoms with van der Waals surface area (Å²) >= 11 is 1.50. The molecule has 1 aromatic carbocycles. The number of ether oxygens (including phenoxy) is 1. The summed E-state index contributed by atoms with van der Waals surface area (Å²) < 4.78 is 5.47. The Bertz CT molecular complexity index is 802. The number of carbonyl (C=O) groups is 1. The molecule has 1 N–H and O–H groups in total. The summed E-state index contributed by atoms with van der Waals surface area (Å²) in [5, 5.41) is 4.27. The molecular weight excluding hydrogens is 370 g/mol. The average molecular weight is 402 g/mol. The first-order chi connectivity index (χ1) is 13.2. The molecule has 0 spiro atoms. The van der Waals surface area contributed by atoms with E-state index in [1.807, 2.05) is 6.92 Å². The number of thiazole rings is 1. The van der Waals surface area contributed by atoms with Crippen LogP contribution in [0.3, 0.4) is 0 Å². The Morgan fingerprint density at radius 1 is 1.21 bits per heavy atom. The quantitative estimate of drug-likeness (QED) is 0.827. The fourth-order valence-corrected chi connectivity index (χ4v) is 4.25. The third-order valence-corrected chi connectivity index (χ3v) is 6.56. The second-order valence-corrected chi connectivity index (χ2v) is 9.53. The first-order valence-electron chi connectivity index (χ1n) is 9.89. The van der Waals surface area contributed by atoms with Gasteiger partial charge in [0.15, 0.2) is 0 Å². The number of carbonyl (C=O) groups excluding carboxylic acids is 1. The summed E-state index contributed by atoms with van der Waals surface area (Å²) in [7, 11) is 0. The zero-order chi connectivity index (χ0) is 20.3. The maximum absolute atomic E-state index is 13.1. The Labute approximate surface area is 172 Å². The van der Waals surface area contributed by atoms with Gasteiger partial charge < -0.3 is 10.1 Å². The van der Waals surface area contributed by atoms with Gasteiger partial charge in [-0.2, -0.15) is 0 Å². The molecule has 1 aliphatic rings. The Hall–Kier alpha value is -1.76. The fourth-order valence-electron chi connectivity index (χ4n) is 3.23. The summed E-state index contributed by atoms with van der Waals surface area (Å²) in [4.78, 5) is 20.8. The highest BCUT2D eigenvalue weighted by molar-refractivity contribution is 7.14. The molecule has 3 rings (SSSR count). The van der Waals surface area contributed by atoms with Gasteiger partial charge in [-0.25, -0.2) is 4.98 Å². The number of nitrogens with one attached hydrogen (secondary N) is 1. The standard InChI is InChI=1S/C22H31N3O2S/c1-15-6-8-17(9-7-15)18(14-25-10-12-27-13-11-25)24-20(26)19-16(2)23-21(28-19)22(3,4)5/h6-9,18H,10-14H2,1-5H3,(H,24,26). The molecule has 152 valence electrons. The van der Waals surface area contributed by atoms with Crippen molar-refractivity contribution in [1.82, 2.24) is 15.2 Å². The molecule has 1 saturated heterocycles. The molecule has 0 saturated carbocycles. The summed E-state index contributed by atoms with van der Waals surface area (Å²) in [6, 6.07) is 8.36. The third kappa shape index (κ3) is 5.19. The minimum atomic E-state index is -0.0641. The number of hydrogen-bond donors (Lipinski definition) is 1. The number of morpholine rings is 1. The summed E-state index contributed by atoms with van der Waals surface area (Å²) in [5.74, 6) is -0.0377. The van der Waals surface area contributed by atoms with E-state index in [-0.39, 0.29) is 17.4 Å². The van der Waals surface area contributed by atoms with Crippen LogP contribution in [0.4, 0.5) is 0 Å². The molecule has 6 heteroatoms. The van der Waals surface area contributed by atoms with Gasteiger partial charge in [-0.15, -0.1) is 11.3 Å². The molecule has 1 atom stereocenters. The first-order valence-corrected chi connectivity index (χ1v) is 10.7. The van der Waals surface area contributed by atoms with Crippen LogP contribution in [0.15, 0.2) is 24.3 Å². The van der Waals surface area contributed by atoms with Crippen molar-refractivity contribution in [2.45, 2.75) is 46.1 Å². The minimum absolute atomic E-state index is 0.0377. The topological polar surface area (TPSA) is 54.5 Å².